The number of unbranched alkanes of at least 4 members (excludes halogenated alkanes) is 15. The highest BCUT2D eigenvalue weighted by Crippen LogP contribution is 2.60. The van der Waals surface area contributed by atoms with Crippen molar-refractivity contribution >= 4 is 33.4 Å². The number of aliphatic hydroxyl groups excluding tert-OH is 2. The largest absolute Gasteiger partial charge is 0.481 e. The van der Waals surface area contributed by atoms with E-state index in [1.165, 1.54) is 76.7 Å². The van der Waals surface area contributed by atoms with E-state index in [0.29, 0.717) is 19.3 Å². The minimum atomic E-state index is -5.44. The fourth-order valence-corrected chi connectivity index (χ4v) is 10.00. The van der Waals surface area contributed by atoms with E-state index in [9.17, 15) is 43.5 Å². The first-order valence-corrected chi connectivity index (χ1v) is 29.0. The van der Waals surface area contributed by atoms with Gasteiger partial charge in [0.1, 0.15) is 30.7 Å². The number of phosphoric ester groups is 2. The Hall–Kier alpha value is -3.06. The number of hydrogen-bond acceptors (Lipinski definition) is 16. The van der Waals surface area contributed by atoms with Crippen LogP contribution in [0.2, 0.25) is 0 Å². The van der Waals surface area contributed by atoms with E-state index in [-0.39, 0.29) is 30.9 Å². The van der Waals surface area contributed by atoms with E-state index in [1.54, 1.807) is 0 Å². The number of nitrogens with zero attached hydrogens (tertiary/aromatic N) is 2. The summed E-state index contributed by atoms with van der Waals surface area (Å²) < 4.78 is 62.6. The van der Waals surface area contributed by atoms with Gasteiger partial charge in [-0.15, -0.1) is 0 Å². The van der Waals surface area contributed by atoms with Gasteiger partial charge in [-0.05, 0) is 63.4 Å². The van der Waals surface area contributed by atoms with E-state index in [2.05, 4.69) is 54.4 Å². The number of anilines is 1. The molecule has 4 unspecified atom stereocenters. The molecule has 2 aliphatic rings. The van der Waals surface area contributed by atoms with Gasteiger partial charge in [-0.2, -0.15) is 9.29 Å². The van der Waals surface area contributed by atoms with Gasteiger partial charge in [-0.1, -0.05) is 147 Å². The third kappa shape index (κ3) is 28.3. The van der Waals surface area contributed by atoms with Gasteiger partial charge in [0.25, 0.3) is 0 Å². The number of nitrogen functional groups attached to an aromatic ring is 1. The lowest BCUT2D eigenvalue weighted by molar-refractivity contribution is -0.161. The number of carbonyl (C=O) groups excluding carboxylic acids is 2. The standard InChI is InChI=1S/C50H85N3O16P2/c1-4-5-6-7-8-13-17-20-25-30-41-42(67-41)31-26-22-23-28-33-46(55)66-40(36-63-45(54)32-27-21-18-15-12-10-9-11-14-16-19-24-29-39(2)3)37-64-70(59,60)69-71(61,62)65-38-43-47(56)48(57)49(68-43)53-35-34-44(51)52-50(53)58/h8,13,20,22,25-26,34-35,39-43,47-49,56-57H,4-7,9-12,14-19,21,23-24,27-33,36-38H2,1-3H3,(H,59,60)(H,61,62)(H2,51,52,58)/b13-8-,25-20-,26-22-/t40-,41?,42?,43-,47-,48-,49-/m1/s1. The van der Waals surface area contributed by atoms with Crippen LogP contribution in [0.1, 0.15) is 181 Å². The van der Waals surface area contributed by atoms with Crippen LogP contribution in [-0.2, 0) is 51.0 Å². The SMILES string of the molecule is CCCCC/C=C\C/C=C\CC1OC1C/C=C\CCCC(=O)O[C@H](COC(=O)CCCCCCCCCCCCCCC(C)C)COP(=O)(O)OP(=O)(O)OC[C@H]1O[C@@H](n2ccc(N)nc2=O)[C@H](O)[C@@H]1O. The van der Waals surface area contributed by atoms with Crippen LogP contribution in [-0.4, -0.2) is 97.9 Å². The summed E-state index contributed by atoms with van der Waals surface area (Å²) >= 11 is 0. The maximum atomic E-state index is 12.9. The van der Waals surface area contributed by atoms with Gasteiger partial charge in [0.15, 0.2) is 12.3 Å². The molecule has 1 aromatic heterocycles. The molecule has 6 N–H and O–H groups in total. The summed E-state index contributed by atoms with van der Waals surface area (Å²) in [6, 6.07) is 1.24. The third-order valence-corrected chi connectivity index (χ3v) is 14.7. The summed E-state index contributed by atoms with van der Waals surface area (Å²) in [5.74, 6) is -0.593. The molecular weight excluding hydrogens is 961 g/mol. The van der Waals surface area contributed by atoms with Crippen LogP contribution in [0, 0.1) is 5.92 Å². The highest BCUT2D eigenvalue weighted by molar-refractivity contribution is 7.61. The first kappa shape index (κ1) is 62.2. The Morgan fingerprint density at radius 2 is 1.31 bits per heavy atom. The average molecular weight is 1050 g/mol. The Morgan fingerprint density at radius 1 is 0.732 bits per heavy atom. The lowest BCUT2D eigenvalue weighted by Gasteiger charge is -2.21. The molecule has 1 aromatic rings. The smallest absolute Gasteiger partial charge is 0.462 e. The van der Waals surface area contributed by atoms with Crippen LogP contribution in [0.3, 0.4) is 0 Å². The van der Waals surface area contributed by atoms with Crippen molar-refractivity contribution in [3.05, 3.63) is 59.2 Å². The molecule has 0 spiro atoms. The molecular formula is C50H85N3O16P2. The Bertz CT molecular complexity index is 1910. The molecule has 0 bridgehead atoms. The summed E-state index contributed by atoms with van der Waals surface area (Å²) in [6.07, 6.45) is 29.7. The lowest BCUT2D eigenvalue weighted by atomic mass is 10.0. The summed E-state index contributed by atoms with van der Waals surface area (Å²) in [7, 11) is -10.9. The van der Waals surface area contributed by atoms with E-state index in [0.717, 1.165) is 68.0 Å². The van der Waals surface area contributed by atoms with Crippen molar-refractivity contribution in [3.8, 4) is 0 Å². The van der Waals surface area contributed by atoms with E-state index < -0.39 is 83.7 Å². The lowest BCUT2D eigenvalue weighted by Crippen LogP contribution is -2.36. The number of nitrogens with two attached hydrogens (primary N) is 1. The number of aliphatic hydroxyl groups is 2. The van der Waals surface area contributed by atoms with Gasteiger partial charge in [0, 0.05) is 19.0 Å². The van der Waals surface area contributed by atoms with Crippen LogP contribution < -0.4 is 11.4 Å². The van der Waals surface area contributed by atoms with Crippen LogP contribution in [0.4, 0.5) is 5.82 Å². The number of ether oxygens (including phenoxy) is 4. The zero-order chi connectivity index (χ0) is 51.9. The van der Waals surface area contributed by atoms with Gasteiger partial charge >= 0.3 is 33.3 Å². The quantitative estimate of drug-likeness (QED) is 0.0134. The number of esters is 2. The molecule has 2 aliphatic heterocycles. The molecule has 3 heterocycles. The van der Waals surface area contributed by atoms with Crippen LogP contribution in [0.5, 0.6) is 0 Å². The van der Waals surface area contributed by atoms with E-state index >= 15 is 0 Å². The number of rotatable bonds is 41. The summed E-state index contributed by atoms with van der Waals surface area (Å²) in [4.78, 5) is 62.0. The Labute approximate surface area is 421 Å². The number of phosphoric acid groups is 2. The Kier molecular flexibility index (Phi) is 30.9. The van der Waals surface area contributed by atoms with Gasteiger partial charge in [-0.3, -0.25) is 23.2 Å². The monoisotopic (exact) mass is 1050 g/mol. The molecule has 2 saturated heterocycles. The van der Waals surface area contributed by atoms with Gasteiger partial charge < -0.3 is 44.7 Å². The van der Waals surface area contributed by atoms with Crippen molar-refractivity contribution in [2.24, 2.45) is 5.92 Å². The maximum Gasteiger partial charge on any atom is 0.481 e. The van der Waals surface area contributed by atoms with Crippen molar-refractivity contribution < 1.29 is 71.0 Å². The number of hydrogen-bond donors (Lipinski definition) is 5. The average Bonchev–Trinajstić information content (AvgIpc) is 4.01. The van der Waals surface area contributed by atoms with Crippen molar-refractivity contribution in [2.45, 2.75) is 218 Å². The minimum absolute atomic E-state index is 0.0330. The second-order valence-electron chi connectivity index (χ2n) is 18.9. The zero-order valence-corrected chi connectivity index (χ0v) is 44.2. The fraction of sp³-hybridized carbons (Fsp3) is 0.760. The highest BCUT2D eigenvalue weighted by Gasteiger charge is 2.46. The number of carbonyl (C=O) groups is 2. The highest BCUT2D eigenvalue weighted by atomic mass is 31.3. The van der Waals surface area contributed by atoms with Gasteiger partial charge in [-0.25, -0.2) is 13.9 Å². The topological polar surface area (TPSA) is 278 Å². The number of allylic oxidation sites excluding steroid dienone is 4. The predicted molar refractivity (Wildman–Crippen MR) is 270 cm³/mol. The molecule has 9 atom stereocenters. The number of epoxide rings is 1. The fourth-order valence-electron chi connectivity index (χ4n) is 7.89. The molecule has 71 heavy (non-hydrogen) atoms. The maximum absolute atomic E-state index is 12.9. The molecule has 406 valence electrons. The van der Waals surface area contributed by atoms with Crippen molar-refractivity contribution in [1.82, 2.24) is 9.55 Å². The number of aromatic nitrogens is 2. The van der Waals surface area contributed by atoms with Crippen molar-refractivity contribution in [3.63, 3.8) is 0 Å². The zero-order valence-electron chi connectivity index (χ0n) is 42.4. The summed E-state index contributed by atoms with van der Waals surface area (Å²) in [5, 5.41) is 20.9. The van der Waals surface area contributed by atoms with Crippen molar-refractivity contribution in [1.29, 1.82) is 0 Å². The molecule has 0 saturated carbocycles. The van der Waals surface area contributed by atoms with Crippen molar-refractivity contribution in [2.75, 3.05) is 25.6 Å². The van der Waals surface area contributed by atoms with Gasteiger partial charge in [0.2, 0.25) is 0 Å². The molecule has 0 radical (unpaired) electrons. The molecule has 2 fully saturated rings. The van der Waals surface area contributed by atoms with Gasteiger partial charge in [0.05, 0.1) is 25.4 Å². The molecule has 19 nitrogen and oxygen atoms in total. The summed E-state index contributed by atoms with van der Waals surface area (Å²) in [5.41, 5.74) is 4.59. The minimum Gasteiger partial charge on any atom is -0.462 e. The molecule has 3 rings (SSSR count). The molecule has 0 aromatic carbocycles. The summed E-state index contributed by atoms with van der Waals surface area (Å²) in [6.45, 7) is 4.38. The normalized spacial score (nSPS) is 22.4. The first-order valence-electron chi connectivity index (χ1n) is 26.0. The van der Waals surface area contributed by atoms with Crippen LogP contribution in [0.15, 0.2) is 53.5 Å². The predicted octanol–water partition coefficient (Wildman–Crippen LogP) is 9.62. The van der Waals surface area contributed by atoms with Crippen LogP contribution in [0.25, 0.3) is 0 Å². The third-order valence-electron chi connectivity index (χ3n) is 12.1. The van der Waals surface area contributed by atoms with Crippen LogP contribution >= 0.6 is 15.6 Å². The second-order valence-corrected chi connectivity index (χ2v) is 21.9. The Morgan fingerprint density at radius 3 is 1.96 bits per heavy atom. The first-order chi connectivity index (χ1) is 34.0. The van der Waals surface area contributed by atoms with E-state index in [1.807, 2.05) is 12.2 Å². The Balaban J connectivity index is 1.41. The molecule has 0 amide bonds. The molecule has 21 heteroatoms. The second kappa shape index (κ2) is 35.2. The molecule has 0 aliphatic carbocycles. The van der Waals surface area contributed by atoms with E-state index in [4.69, 9.17) is 33.7 Å².